The van der Waals surface area contributed by atoms with E-state index in [-0.39, 0.29) is 6.04 Å². The summed E-state index contributed by atoms with van der Waals surface area (Å²) in [6, 6.07) is 8.75. The van der Waals surface area contributed by atoms with Gasteiger partial charge in [-0.25, -0.2) is 0 Å². The largest absolute Gasteiger partial charge is 0.370 e. The molecule has 0 fully saturated rings. The van der Waals surface area contributed by atoms with Crippen LogP contribution >= 0.6 is 0 Å². The quantitative estimate of drug-likeness (QED) is 0.782. The Balaban J connectivity index is 2.25. The third kappa shape index (κ3) is 1.94. The minimum atomic E-state index is 0.262. The van der Waals surface area contributed by atoms with Gasteiger partial charge in [-0.05, 0) is 12.5 Å². The molecule has 1 heterocycles. The first kappa shape index (κ1) is 10.7. The summed E-state index contributed by atoms with van der Waals surface area (Å²) >= 11 is 0. The van der Waals surface area contributed by atoms with Crippen LogP contribution in [0.4, 0.5) is 0 Å². The van der Waals surface area contributed by atoms with Gasteiger partial charge in [0.1, 0.15) is 0 Å². The Labute approximate surface area is 96.3 Å². The molecule has 0 aromatic heterocycles. The maximum Gasteiger partial charge on any atom is 0.192 e. The molecule has 0 amide bonds. The molecule has 0 bridgehead atoms. The number of benzene rings is 1. The van der Waals surface area contributed by atoms with Crippen molar-refractivity contribution in [1.29, 1.82) is 0 Å². The maximum absolute atomic E-state index is 5.86. The lowest BCUT2D eigenvalue weighted by Gasteiger charge is -2.25. The van der Waals surface area contributed by atoms with Crippen LogP contribution in [0.1, 0.15) is 17.2 Å². The standard InChI is InChI=1S/C13H17N3/c1-3-7-16-12(9-15-13(16)14)11-6-4-5-10(2)8-11/h3-6,8,12H,1,7,9H2,2H3,(H2,14,15). The minimum absolute atomic E-state index is 0.262. The number of hydrogen-bond donors (Lipinski definition) is 1. The number of rotatable bonds is 3. The summed E-state index contributed by atoms with van der Waals surface area (Å²) in [4.78, 5) is 6.38. The van der Waals surface area contributed by atoms with E-state index in [0.29, 0.717) is 5.96 Å². The van der Waals surface area contributed by atoms with Gasteiger partial charge in [0.15, 0.2) is 5.96 Å². The van der Waals surface area contributed by atoms with Crippen molar-refractivity contribution in [2.24, 2.45) is 10.7 Å². The van der Waals surface area contributed by atoms with Gasteiger partial charge in [0.25, 0.3) is 0 Å². The molecule has 0 aliphatic carbocycles. The lowest BCUT2D eigenvalue weighted by atomic mass is 10.0. The number of nitrogens with zero attached hydrogens (tertiary/aromatic N) is 2. The molecule has 1 atom stereocenters. The Bertz CT molecular complexity index is 423. The number of aliphatic imine (C=N–C) groups is 1. The zero-order chi connectivity index (χ0) is 11.5. The fourth-order valence-corrected chi connectivity index (χ4v) is 2.05. The van der Waals surface area contributed by atoms with Gasteiger partial charge in [0, 0.05) is 6.54 Å². The second-order valence-electron chi connectivity index (χ2n) is 4.07. The second kappa shape index (κ2) is 4.39. The number of nitrogens with two attached hydrogens (primary N) is 1. The molecule has 0 saturated heterocycles. The van der Waals surface area contributed by atoms with E-state index in [1.807, 2.05) is 6.08 Å². The van der Waals surface area contributed by atoms with Crippen molar-refractivity contribution in [1.82, 2.24) is 4.90 Å². The molecule has 1 aromatic rings. The van der Waals surface area contributed by atoms with Crippen LogP contribution in [0.25, 0.3) is 0 Å². The second-order valence-corrected chi connectivity index (χ2v) is 4.07. The third-order valence-electron chi connectivity index (χ3n) is 2.85. The van der Waals surface area contributed by atoms with Crippen LogP contribution in [-0.2, 0) is 0 Å². The van der Waals surface area contributed by atoms with Gasteiger partial charge in [-0.3, -0.25) is 4.99 Å². The van der Waals surface area contributed by atoms with E-state index in [9.17, 15) is 0 Å². The number of guanidine groups is 1. The molecule has 1 aromatic carbocycles. The predicted octanol–water partition coefficient (Wildman–Crippen LogP) is 1.85. The van der Waals surface area contributed by atoms with E-state index in [2.05, 4.69) is 47.7 Å². The maximum atomic E-state index is 5.86. The third-order valence-corrected chi connectivity index (χ3v) is 2.85. The highest BCUT2D eigenvalue weighted by Crippen LogP contribution is 2.25. The van der Waals surface area contributed by atoms with E-state index in [1.165, 1.54) is 11.1 Å². The van der Waals surface area contributed by atoms with Gasteiger partial charge in [-0.1, -0.05) is 35.9 Å². The topological polar surface area (TPSA) is 41.6 Å². The molecular formula is C13H17N3. The molecule has 3 heteroatoms. The minimum Gasteiger partial charge on any atom is -0.370 e. The van der Waals surface area contributed by atoms with Crippen molar-refractivity contribution in [2.45, 2.75) is 13.0 Å². The first-order valence-electron chi connectivity index (χ1n) is 5.46. The van der Waals surface area contributed by atoms with Gasteiger partial charge < -0.3 is 10.6 Å². The van der Waals surface area contributed by atoms with Crippen LogP contribution < -0.4 is 5.73 Å². The van der Waals surface area contributed by atoms with Crippen molar-refractivity contribution in [3.8, 4) is 0 Å². The van der Waals surface area contributed by atoms with E-state index >= 15 is 0 Å². The molecule has 2 N–H and O–H groups in total. The molecule has 0 spiro atoms. The Hall–Kier alpha value is -1.77. The predicted molar refractivity (Wildman–Crippen MR) is 67.3 cm³/mol. The van der Waals surface area contributed by atoms with E-state index in [0.717, 1.165) is 13.1 Å². The molecule has 16 heavy (non-hydrogen) atoms. The molecule has 1 aliphatic heterocycles. The van der Waals surface area contributed by atoms with Crippen molar-refractivity contribution in [3.05, 3.63) is 48.0 Å². The molecular weight excluding hydrogens is 198 g/mol. The Morgan fingerprint density at radius 1 is 1.62 bits per heavy atom. The molecule has 1 unspecified atom stereocenters. The molecule has 2 rings (SSSR count). The van der Waals surface area contributed by atoms with Gasteiger partial charge in [-0.15, -0.1) is 6.58 Å². The van der Waals surface area contributed by atoms with Gasteiger partial charge in [0.05, 0.1) is 12.6 Å². The fourth-order valence-electron chi connectivity index (χ4n) is 2.05. The highest BCUT2D eigenvalue weighted by molar-refractivity contribution is 5.80. The summed E-state index contributed by atoms with van der Waals surface area (Å²) in [5.41, 5.74) is 8.39. The van der Waals surface area contributed by atoms with E-state index in [1.54, 1.807) is 0 Å². The average Bonchev–Trinajstić information content (AvgIpc) is 2.61. The Kier molecular flexibility index (Phi) is 2.95. The Morgan fingerprint density at radius 2 is 2.44 bits per heavy atom. The first-order valence-corrected chi connectivity index (χ1v) is 5.46. The highest BCUT2D eigenvalue weighted by atomic mass is 15.3. The summed E-state index contributed by atoms with van der Waals surface area (Å²) in [7, 11) is 0. The van der Waals surface area contributed by atoms with Crippen LogP contribution in [0.5, 0.6) is 0 Å². The fraction of sp³-hybridized carbons (Fsp3) is 0.308. The summed E-state index contributed by atoms with van der Waals surface area (Å²) in [6.45, 7) is 7.33. The number of hydrogen-bond acceptors (Lipinski definition) is 3. The smallest absolute Gasteiger partial charge is 0.192 e. The normalized spacial score (nSPS) is 19.7. The van der Waals surface area contributed by atoms with Crippen molar-refractivity contribution in [3.63, 3.8) is 0 Å². The molecule has 3 nitrogen and oxygen atoms in total. The van der Waals surface area contributed by atoms with Crippen LogP contribution in [-0.4, -0.2) is 23.9 Å². The van der Waals surface area contributed by atoms with Crippen LogP contribution in [0.3, 0.4) is 0 Å². The SMILES string of the molecule is C=CCN1C(N)=NCC1c1cccc(C)c1. The highest BCUT2D eigenvalue weighted by Gasteiger charge is 2.26. The average molecular weight is 215 g/mol. The van der Waals surface area contributed by atoms with E-state index in [4.69, 9.17) is 5.73 Å². The molecule has 0 saturated carbocycles. The molecule has 1 aliphatic rings. The van der Waals surface area contributed by atoms with E-state index < -0.39 is 0 Å². The molecule has 84 valence electrons. The van der Waals surface area contributed by atoms with Crippen LogP contribution in [0.15, 0.2) is 41.9 Å². The number of aryl methyl sites for hydroxylation is 1. The van der Waals surface area contributed by atoms with Crippen molar-refractivity contribution in [2.75, 3.05) is 13.1 Å². The van der Waals surface area contributed by atoms with Crippen molar-refractivity contribution >= 4 is 5.96 Å². The van der Waals surface area contributed by atoms with Gasteiger partial charge >= 0.3 is 0 Å². The summed E-state index contributed by atoms with van der Waals surface area (Å²) in [5, 5.41) is 0. The lowest BCUT2D eigenvalue weighted by molar-refractivity contribution is 0.380. The monoisotopic (exact) mass is 215 g/mol. The Morgan fingerprint density at radius 3 is 3.12 bits per heavy atom. The summed E-state index contributed by atoms with van der Waals surface area (Å²) in [6.07, 6.45) is 1.86. The first-order chi connectivity index (χ1) is 7.72. The van der Waals surface area contributed by atoms with Crippen LogP contribution in [0, 0.1) is 6.92 Å². The summed E-state index contributed by atoms with van der Waals surface area (Å²) in [5.74, 6) is 0.617. The zero-order valence-electron chi connectivity index (χ0n) is 9.56. The summed E-state index contributed by atoms with van der Waals surface area (Å²) < 4.78 is 0. The van der Waals surface area contributed by atoms with Gasteiger partial charge in [-0.2, -0.15) is 0 Å². The molecule has 0 radical (unpaired) electrons. The van der Waals surface area contributed by atoms with Crippen LogP contribution in [0.2, 0.25) is 0 Å². The lowest BCUT2D eigenvalue weighted by Crippen LogP contribution is -2.36. The van der Waals surface area contributed by atoms with Gasteiger partial charge in [0.2, 0.25) is 0 Å². The zero-order valence-corrected chi connectivity index (χ0v) is 9.56. The van der Waals surface area contributed by atoms with Crippen molar-refractivity contribution < 1.29 is 0 Å².